The first-order chi connectivity index (χ1) is 32.0. The van der Waals surface area contributed by atoms with Crippen LogP contribution < -0.4 is 5.32 Å². The average molecular weight is 902 g/mol. The van der Waals surface area contributed by atoms with Crippen molar-refractivity contribution in [2.24, 2.45) is 0 Å². The van der Waals surface area contributed by atoms with E-state index in [0.717, 1.165) is 103 Å². The minimum atomic E-state index is -0.812. The maximum Gasteiger partial charge on any atom is 0.306 e. The predicted octanol–water partition coefficient (Wildman–Crippen LogP) is 16.3. The Morgan fingerprint density at radius 1 is 0.462 bits per heavy atom. The number of carbonyl (C=O) groups is 2. The Labute approximate surface area is 400 Å². The Bertz CT molecular complexity index is 1330. The van der Waals surface area contributed by atoms with Crippen molar-refractivity contribution in [1.82, 2.24) is 5.32 Å². The van der Waals surface area contributed by atoms with Crippen molar-refractivity contribution in [2.75, 3.05) is 6.61 Å². The third-order valence-electron chi connectivity index (χ3n) is 11.3. The molecule has 1 amide bonds. The number of unbranched alkanes of at least 4 members (excludes halogenated alkanes) is 16. The van der Waals surface area contributed by atoms with Crippen LogP contribution in [0.3, 0.4) is 0 Å². The Balaban J connectivity index is 4.77. The van der Waals surface area contributed by atoms with Crippen LogP contribution in [0.4, 0.5) is 0 Å². The van der Waals surface area contributed by atoms with Crippen LogP contribution in [0.25, 0.3) is 0 Å². The molecule has 3 N–H and O–H groups in total. The first-order valence-corrected chi connectivity index (χ1v) is 26.6. The van der Waals surface area contributed by atoms with Crippen LogP contribution in [-0.2, 0) is 14.3 Å². The molecule has 3 unspecified atom stereocenters. The summed E-state index contributed by atoms with van der Waals surface area (Å²) in [7, 11) is 0. The summed E-state index contributed by atoms with van der Waals surface area (Å²) >= 11 is 0. The number of amides is 1. The fourth-order valence-electron chi connectivity index (χ4n) is 7.34. The van der Waals surface area contributed by atoms with Crippen LogP contribution in [0.1, 0.15) is 226 Å². The van der Waals surface area contributed by atoms with Gasteiger partial charge in [-0.1, -0.05) is 220 Å². The topological polar surface area (TPSA) is 95.9 Å². The molecule has 0 aliphatic heterocycles. The normalized spacial score (nSPS) is 14.1. The molecule has 0 aliphatic carbocycles. The molecule has 6 nitrogen and oxygen atoms in total. The molecule has 0 saturated carbocycles. The van der Waals surface area contributed by atoms with Crippen LogP contribution in [0.15, 0.2) is 109 Å². The van der Waals surface area contributed by atoms with E-state index in [4.69, 9.17) is 4.74 Å². The highest BCUT2D eigenvalue weighted by molar-refractivity contribution is 5.77. The van der Waals surface area contributed by atoms with Crippen LogP contribution in [0.5, 0.6) is 0 Å². The Morgan fingerprint density at radius 3 is 1.29 bits per heavy atom. The lowest BCUT2D eigenvalue weighted by molar-refractivity contribution is -0.150. The van der Waals surface area contributed by atoms with Gasteiger partial charge in [0.05, 0.1) is 25.2 Å². The van der Waals surface area contributed by atoms with Gasteiger partial charge < -0.3 is 20.3 Å². The second kappa shape index (κ2) is 51.5. The van der Waals surface area contributed by atoms with Crippen LogP contribution in [-0.4, -0.2) is 46.9 Å². The molecule has 0 saturated heterocycles. The van der Waals surface area contributed by atoms with Gasteiger partial charge >= 0.3 is 5.97 Å². The molecule has 0 fully saturated rings. The molecule has 0 rings (SSSR count). The van der Waals surface area contributed by atoms with Crippen molar-refractivity contribution in [3.05, 3.63) is 109 Å². The molecule has 0 aliphatic rings. The second-order valence-corrected chi connectivity index (χ2v) is 17.5. The number of carbonyl (C=O) groups excluding carboxylic acids is 2. The summed E-state index contributed by atoms with van der Waals surface area (Å²) in [5.74, 6) is -0.604. The summed E-state index contributed by atoms with van der Waals surface area (Å²) in [6, 6.07) is -0.730. The maximum absolute atomic E-state index is 13.2. The minimum absolute atomic E-state index is 0.0258. The molecule has 3 atom stereocenters. The monoisotopic (exact) mass is 902 g/mol. The SMILES string of the molecule is CC/C=C\C/C=C\C/C=C\C/C=C\C/C=C\C/C=C\CCC(=O)OC(CCCCCC/C=C\C/C=C\C/C=C\CCCCC)CC(=O)NC(CO)C(O)CCCCCCCCCCCC. The lowest BCUT2D eigenvalue weighted by Crippen LogP contribution is -2.46. The number of ether oxygens (including phenoxy) is 1. The number of esters is 1. The number of allylic oxidation sites excluding steroid dienone is 18. The summed E-state index contributed by atoms with van der Waals surface area (Å²) in [6.45, 7) is 6.30. The second-order valence-electron chi connectivity index (χ2n) is 17.5. The van der Waals surface area contributed by atoms with Gasteiger partial charge in [0.15, 0.2) is 0 Å². The fraction of sp³-hybridized carbons (Fsp3) is 0.661. The average Bonchev–Trinajstić information content (AvgIpc) is 3.30. The molecular formula is C59H99NO5. The zero-order chi connectivity index (χ0) is 47.4. The van der Waals surface area contributed by atoms with E-state index in [1.54, 1.807) is 0 Å². The molecule has 0 spiro atoms. The Hall–Kier alpha value is -3.48. The summed E-state index contributed by atoms with van der Waals surface area (Å²) in [5, 5.41) is 23.7. The third-order valence-corrected chi connectivity index (χ3v) is 11.3. The van der Waals surface area contributed by atoms with E-state index < -0.39 is 18.2 Å². The van der Waals surface area contributed by atoms with Gasteiger partial charge in [-0.2, -0.15) is 0 Å². The number of hydrogen-bond acceptors (Lipinski definition) is 5. The summed E-state index contributed by atoms with van der Waals surface area (Å²) in [4.78, 5) is 26.1. The van der Waals surface area contributed by atoms with Crippen LogP contribution in [0.2, 0.25) is 0 Å². The van der Waals surface area contributed by atoms with E-state index in [0.29, 0.717) is 19.3 Å². The Kier molecular flexibility index (Phi) is 48.7. The smallest absolute Gasteiger partial charge is 0.306 e. The van der Waals surface area contributed by atoms with Gasteiger partial charge in [-0.3, -0.25) is 9.59 Å². The van der Waals surface area contributed by atoms with E-state index in [-0.39, 0.29) is 31.3 Å². The van der Waals surface area contributed by atoms with Gasteiger partial charge in [-0.15, -0.1) is 0 Å². The molecule has 370 valence electrons. The van der Waals surface area contributed by atoms with Crippen LogP contribution >= 0.6 is 0 Å². The van der Waals surface area contributed by atoms with Gasteiger partial charge in [-0.25, -0.2) is 0 Å². The van der Waals surface area contributed by atoms with Crippen molar-refractivity contribution in [3.8, 4) is 0 Å². The van der Waals surface area contributed by atoms with Crippen molar-refractivity contribution in [3.63, 3.8) is 0 Å². The molecule has 0 bridgehead atoms. The molecule has 0 heterocycles. The van der Waals surface area contributed by atoms with E-state index in [1.165, 1.54) is 70.6 Å². The van der Waals surface area contributed by atoms with E-state index in [1.807, 2.05) is 6.08 Å². The maximum atomic E-state index is 13.2. The number of aliphatic hydroxyl groups excluding tert-OH is 2. The fourth-order valence-corrected chi connectivity index (χ4v) is 7.34. The van der Waals surface area contributed by atoms with Gasteiger partial charge in [0.2, 0.25) is 5.91 Å². The highest BCUT2D eigenvalue weighted by atomic mass is 16.5. The summed E-state index contributed by atoms with van der Waals surface area (Å²) < 4.78 is 5.89. The van der Waals surface area contributed by atoms with Crippen molar-refractivity contribution < 1.29 is 24.5 Å². The lowest BCUT2D eigenvalue weighted by Gasteiger charge is -2.24. The first kappa shape index (κ1) is 61.5. The third kappa shape index (κ3) is 46.8. The van der Waals surface area contributed by atoms with Crippen molar-refractivity contribution in [1.29, 1.82) is 0 Å². The van der Waals surface area contributed by atoms with E-state index in [2.05, 4.69) is 129 Å². The molecule has 65 heavy (non-hydrogen) atoms. The number of rotatable bonds is 46. The Morgan fingerprint density at radius 2 is 0.831 bits per heavy atom. The lowest BCUT2D eigenvalue weighted by atomic mass is 10.0. The summed E-state index contributed by atoms with van der Waals surface area (Å²) in [6.07, 6.45) is 70.1. The standard InChI is InChI=1S/C59H99NO5/c1-4-7-10-13-16-19-22-24-26-28-29-31-33-35-37-40-43-46-49-52-59(64)65-55(50-47-44-41-38-36-34-32-30-27-25-23-20-17-14-11-8-5-2)53-58(63)60-56(54-61)57(62)51-48-45-42-39-21-18-15-12-9-6-3/h7,10,16-17,19-20,24-27,29,31-32,34-35,37,43,46,55-57,61-62H,4-6,8-9,11-15,18,21-23,28,30,33,36,38-42,44-45,47-54H2,1-3H3,(H,60,63)/b10-7-,19-16-,20-17-,26-24-,27-25-,31-29-,34-32-,37-35-,46-43-. The minimum Gasteiger partial charge on any atom is -0.462 e. The van der Waals surface area contributed by atoms with Gasteiger partial charge in [0.25, 0.3) is 0 Å². The van der Waals surface area contributed by atoms with Gasteiger partial charge in [-0.05, 0) is 103 Å². The van der Waals surface area contributed by atoms with Crippen molar-refractivity contribution >= 4 is 11.9 Å². The van der Waals surface area contributed by atoms with Crippen LogP contribution in [0, 0.1) is 0 Å². The van der Waals surface area contributed by atoms with Gasteiger partial charge in [0.1, 0.15) is 6.10 Å². The van der Waals surface area contributed by atoms with Crippen molar-refractivity contribution in [2.45, 2.75) is 244 Å². The van der Waals surface area contributed by atoms with Gasteiger partial charge in [0, 0.05) is 6.42 Å². The number of aliphatic hydroxyl groups is 2. The van der Waals surface area contributed by atoms with E-state index >= 15 is 0 Å². The molecule has 0 aromatic carbocycles. The highest BCUT2D eigenvalue weighted by Gasteiger charge is 2.24. The largest absolute Gasteiger partial charge is 0.462 e. The zero-order valence-electron chi connectivity index (χ0n) is 42.1. The molecular weight excluding hydrogens is 803 g/mol. The quantitative estimate of drug-likeness (QED) is 0.0321. The zero-order valence-corrected chi connectivity index (χ0v) is 42.1. The summed E-state index contributed by atoms with van der Waals surface area (Å²) in [5.41, 5.74) is 0. The molecule has 0 radical (unpaired) electrons. The van der Waals surface area contributed by atoms with E-state index in [9.17, 15) is 19.8 Å². The molecule has 6 heteroatoms. The predicted molar refractivity (Wildman–Crippen MR) is 282 cm³/mol. The molecule has 0 aromatic rings. The highest BCUT2D eigenvalue weighted by Crippen LogP contribution is 2.16. The molecule has 0 aromatic heterocycles. The first-order valence-electron chi connectivity index (χ1n) is 26.6. The number of nitrogens with one attached hydrogen (secondary N) is 1. The number of hydrogen-bond donors (Lipinski definition) is 3.